The largest absolute Gasteiger partial charge is 0.468 e. The van der Waals surface area contributed by atoms with E-state index in [4.69, 9.17) is 4.74 Å². The molecule has 0 amide bonds. The first-order chi connectivity index (χ1) is 9.75. The zero-order valence-electron chi connectivity index (χ0n) is 13.6. The highest BCUT2D eigenvalue weighted by Gasteiger charge is 2.37. The number of nitrogens with one attached hydrogen (secondary N) is 1. The van der Waals surface area contributed by atoms with E-state index < -0.39 is 5.41 Å². The molecule has 21 heavy (non-hydrogen) atoms. The van der Waals surface area contributed by atoms with Gasteiger partial charge in [-0.25, -0.2) is 0 Å². The van der Waals surface area contributed by atoms with Crippen LogP contribution in [0.2, 0.25) is 0 Å². The summed E-state index contributed by atoms with van der Waals surface area (Å²) in [5.74, 6) is -0.180. The lowest BCUT2D eigenvalue weighted by atomic mass is 9.74. The number of halogens is 1. The number of methoxy groups -OCH3 is 1. The van der Waals surface area contributed by atoms with Gasteiger partial charge in [0.05, 0.1) is 12.5 Å². The fourth-order valence-electron chi connectivity index (χ4n) is 2.58. The van der Waals surface area contributed by atoms with Crippen LogP contribution in [-0.2, 0) is 14.9 Å². The predicted molar refractivity (Wildman–Crippen MR) is 90.5 cm³/mol. The zero-order valence-corrected chi connectivity index (χ0v) is 15.2. The number of ether oxygens (including phenoxy) is 1. The summed E-state index contributed by atoms with van der Waals surface area (Å²) in [6, 6.07) is 7.92. The molecule has 0 saturated carbocycles. The van der Waals surface area contributed by atoms with Crippen LogP contribution in [0, 0.1) is 5.41 Å². The van der Waals surface area contributed by atoms with E-state index in [1.807, 2.05) is 38.2 Å². The highest BCUT2D eigenvalue weighted by Crippen LogP contribution is 2.36. The van der Waals surface area contributed by atoms with Gasteiger partial charge in [0.1, 0.15) is 0 Å². The number of esters is 1. The molecule has 0 aliphatic carbocycles. The standard InChI is InChI=1S/C17H26BrNO2/c1-16(2,12-19-4)9-10-17(3,15(20)21-5)13-7-6-8-14(18)11-13/h6-8,11,19H,9-10,12H2,1-5H3. The smallest absolute Gasteiger partial charge is 0.315 e. The predicted octanol–water partition coefficient (Wildman–Crippen LogP) is 3.91. The average molecular weight is 356 g/mol. The molecule has 0 fully saturated rings. The summed E-state index contributed by atoms with van der Waals surface area (Å²) in [4.78, 5) is 12.4. The Morgan fingerprint density at radius 2 is 1.95 bits per heavy atom. The summed E-state index contributed by atoms with van der Waals surface area (Å²) >= 11 is 3.48. The Bertz CT molecular complexity index is 487. The maximum atomic E-state index is 12.4. The Morgan fingerprint density at radius 3 is 2.48 bits per heavy atom. The van der Waals surface area contributed by atoms with Crippen LogP contribution in [0.25, 0.3) is 0 Å². The van der Waals surface area contributed by atoms with Gasteiger partial charge in [0, 0.05) is 4.47 Å². The van der Waals surface area contributed by atoms with Gasteiger partial charge in [-0.3, -0.25) is 4.79 Å². The van der Waals surface area contributed by atoms with Gasteiger partial charge >= 0.3 is 5.97 Å². The molecule has 4 heteroatoms. The van der Waals surface area contributed by atoms with E-state index >= 15 is 0 Å². The fraction of sp³-hybridized carbons (Fsp3) is 0.588. The lowest BCUT2D eigenvalue weighted by Gasteiger charge is -2.32. The lowest BCUT2D eigenvalue weighted by Crippen LogP contribution is -2.36. The molecule has 1 unspecified atom stereocenters. The molecule has 1 aromatic carbocycles. The summed E-state index contributed by atoms with van der Waals surface area (Å²) in [6.45, 7) is 7.31. The fourth-order valence-corrected chi connectivity index (χ4v) is 2.98. The van der Waals surface area contributed by atoms with Crippen LogP contribution in [-0.4, -0.2) is 26.7 Å². The van der Waals surface area contributed by atoms with Gasteiger partial charge in [-0.05, 0) is 56.5 Å². The zero-order chi connectivity index (χ0) is 16.1. The normalized spacial score (nSPS) is 14.6. The van der Waals surface area contributed by atoms with Gasteiger partial charge in [-0.2, -0.15) is 0 Å². The van der Waals surface area contributed by atoms with E-state index in [0.29, 0.717) is 0 Å². The van der Waals surface area contributed by atoms with Crippen molar-refractivity contribution in [1.29, 1.82) is 0 Å². The summed E-state index contributed by atoms with van der Waals surface area (Å²) in [6.07, 6.45) is 1.69. The van der Waals surface area contributed by atoms with E-state index in [1.165, 1.54) is 7.11 Å². The molecule has 3 nitrogen and oxygen atoms in total. The van der Waals surface area contributed by atoms with Crippen molar-refractivity contribution in [2.24, 2.45) is 5.41 Å². The van der Waals surface area contributed by atoms with Crippen molar-refractivity contribution >= 4 is 21.9 Å². The Labute approximate surface area is 136 Å². The van der Waals surface area contributed by atoms with E-state index in [2.05, 4.69) is 35.1 Å². The van der Waals surface area contributed by atoms with Crippen LogP contribution in [0.15, 0.2) is 28.7 Å². The minimum atomic E-state index is -0.621. The third kappa shape index (κ3) is 4.82. The summed E-state index contributed by atoms with van der Waals surface area (Å²) in [5.41, 5.74) is 0.503. The van der Waals surface area contributed by atoms with Gasteiger partial charge in [0.25, 0.3) is 0 Å². The summed E-state index contributed by atoms with van der Waals surface area (Å²) in [7, 11) is 3.41. The monoisotopic (exact) mass is 355 g/mol. The maximum Gasteiger partial charge on any atom is 0.315 e. The van der Waals surface area contributed by atoms with Gasteiger partial charge in [0.15, 0.2) is 0 Å². The Balaban J connectivity index is 3.03. The third-order valence-electron chi connectivity index (χ3n) is 4.05. The van der Waals surface area contributed by atoms with E-state index in [-0.39, 0.29) is 11.4 Å². The van der Waals surface area contributed by atoms with E-state index in [9.17, 15) is 4.79 Å². The number of benzene rings is 1. The van der Waals surface area contributed by atoms with Crippen molar-refractivity contribution in [3.05, 3.63) is 34.3 Å². The van der Waals surface area contributed by atoms with Crippen LogP contribution in [0.3, 0.4) is 0 Å². The van der Waals surface area contributed by atoms with Crippen LogP contribution in [0.5, 0.6) is 0 Å². The molecule has 118 valence electrons. The van der Waals surface area contributed by atoms with Gasteiger partial charge in [-0.1, -0.05) is 41.9 Å². The number of rotatable bonds is 7. The first-order valence-corrected chi connectivity index (χ1v) is 8.03. The average Bonchev–Trinajstić information content (AvgIpc) is 2.44. The molecular formula is C17H26BrNO2. The Kier molecular flexibility index (Phi) is 6.41. The minimum absolute atomic E-state index is 0.135. The quantitative estimate of drug-likeness (QED) is 0.753. The van der Waals surface area contributed by atoms with Crippen LogP contribution in [0.4, 0.5) is 0 Å². The molecule has 1 N–H and O–H groups in total. The third-order valence-corrected chi connectivity index (χ3v) is 4.55. The minimum Gasteiger partial charge on any atom is -0.468 e. The second-order valence-corrected chi connectivity index (χ2v) is 7.44. The van der Waals surface area contributed by atoms with Crippen molar-refractivity contribution in [3.63, 3.8) is 0 Å². The highest BCUT2D eigenvalue weighted by atomic mass is 79.9. The number of carbonyl (C=O) groups is 1. The molecule has 0 aliphatic heterocycles. The topological polar surface area (TPSA) is 38.3 Å². The molecule has 0 heterocycles. The summed E-state index contributed by atoms with van der Waals surface area (Å²) in [5, 5.41) is 3.21. The second kappa shape index (κ2) is 7.41. The van der Waals surface area contributed by atoms with Crippen LogP contribution in [0.1, 0.15) is 39.2 Å². The molecular weight excluding hydrogens is 330 g/mol. The van der Waals surface area contributed by atoms with Crippen molar-refractivity contribution in [3.8, 4) is 0 Å². The molecule has 0 spiro atoms. The molecule has 0 aliphatic rings. The van der Waals surface area contributed by atoms with Gasteiger partial charge in [0.2, 0.25) is 0 Å². The van der Waals surface area contributed by atoms with Crippen LogP contribution >= 0.6 is 15.9 Å². The molecule has 0 aromatic heterocycles. The first-order valence-electron chi connectivity index (χ1n) is 7.24. The molecule has 0 bridgehead atoms. The SMILES string of the molecule is CNCC(C)(C)CCC(C)(C(=O)OC)c1cccc(Br)c1. The Hall–Kier alpha value is -0.870. The van der Waals surface area contributed by atoms with Crippen molar-refractivity contribution in [2.45, 2.75) is 39.0 Å². The molecule has 1 aromatic rings. The van der Waals surface area contributed by atoms with Gasteiger partial charge < -0.3 is 10.1 Å². The van der Waals surface area contributed by atoms with Crippen LogP contribution < -0.4 is 5.32 Å². The number of hydrogen-bond acceptors (Lipinski definition) is 3. The molecule has 0 radical (unpaired) electrons. The summed E-state index contributed by atoms with van der Waals surface area (Å²) < 4.78 is 6.04. The molecule has 1 atom stereocenters. The Morgan fingerprint density at radius 1 is 1.29 bits per heavy atom. The van der Waals surface area contributed by atoms with Gasteiger partial charge in [-0.15, -0.1) is 0 Å². The maximum absolute atomic E-state index is 12.4. The van der Waals surface area contributed by atoms with Crippen molar-refractivity contribution < 1.29 is 9.53 Å². The highest BCUT2D eigenvalue weighted by molar-refractivity contribution is 9.10. The number of carbonyl (C=O) groups excluding carboxylic acids is 1. The van der Waals surface area contributed by atoms with Crippen molar-refractivity contribution in [2.75, 3.05) is 20.7 Å². The molecule has 0 saturated heterocycles. The first kappa shape index (κ1) is 18.2. The molecule has 1 rings (SSSR count). The van der Waals surface area contributed by atoms with E-state index in [1.54, 1.807) is 0 Å². The second-order valence-electron chi connectivity index (χ2n) is 6.53. The lowest BCUT2D eigenvalue weighted by molar-refractivity contribution is -0.147. The van der Waals surface area contributed by atoms with Crippen molar-refractivity contribution in [1.82, 2.24) is 5.32 Å². The number of hydrogen-bond donors (Lipinski definition) is 1. The van der Waals surface area contributed by atoms with E-state index in [0.717, 1.165) is 29.4 Å².